The maximum Gasteiger partial charge on any atom is 0.170 e. The Morgan fingerprint density at radius 3 is 2.37 bits per heavy atom. The van der Waals surface area contributed by atoms with Gasteiger partial charge in [-0.15, -0.1) is 0 Å². The fraction of sp³-hybridized carbons (Fsp3) is 0.200. The summed E-state index contributed by atoms with van der Waals surface area (Å²) in [4.78, 5) is 0. The van der Waals surface area contributed by atoms with E-state index >= 15 is 0 Å². The molecule has 0 spiro atoms. The number of halogens is 1. The quantitative estimate of drug-likeness (QED) is 0.894. The van der Waals surface area contributed by atoms with Crippen LogP contribution in [-0.2, 0) is 6.54 Å². The van der Waals surface area contributed by atoms with Crippen molar-refractivity contribution < 1.29 is 13.9 Å². The van der Waals surface area contributed by atoms with Crippen LogP contribution in [0.5, 0.6) is 11.5 Å². The van der Waals surface area contributed by atoms with E-state index in [1.54, 1.807) is 25.3 Å². The Labute approximate surface area is 112 Å². The van der Waals surface area contributed by atoms with Gasteiger partial charge in [0.15, 0.2) is 11.6 Å². The van der Waals surface area contributed by atoms with Crippen molar-refractivity contribution in [1.82, 2.24) is 0 Å². The van der Waals surface area contributed by atoms with Crippen LogP contribution in [0.2, 0.25) is 0 Å². The summed E-state index contributed by atoms with van der Waals surface area (Å²) < 4.78 is 24.1. The summed E-state index contributed by atoms with van der Waals surface area (Å²) in [6.45, 7) is 0.364. The topological polar surface area (TPSA) is 30.5 Å². The molecule has 0 atom stereocenters. The molecule has 0 radical (unpaired) electrons. The van der Waals surface area contributed by atoms with E-state index in [2.05, 4.69) is 5.32 Å². The highest BCUT2D eigenvalue weighted by atomic mass is 19.1. The third-order valence-electron chi connectivity index (χ3n) is 2.84. The molecule has 0 aliphatic rings. The monoisotopic (exact) mass is 261 g/mol. The van der Waals surface area contributed by atoms with E-state index in [0.29, 0.717) is 12.1 Å². The highest BCUT2D eigenvalue weighted by molar-refractivity contribution is 5.56. The van der Waals surface area contributed by atoms with Crippen LogP contribution >= 0.6 is 0 Å². The Balaban J connectivity index is 2.15. The van der Waals surface area contributed by atoms with E-state index in [0.717, 1.165) is 11.4 Å². The van der Waals surface area contributed by atoms with Gasteiger partial charge in [-0.1, -0.05) is 24.3 Å². The zero-order chi connectivity index (χ0) is 13.7. The molecule has 0 aliphatic carbocycles. The van der Waals surface area contributed by atoms with E-state index < -0.39 is 0 Å². The molecule has 2 aromatic rings. The molecule has 2 aromatic carbocycles. The molecule has 1 N–H and O–H groups in total. The Morgan fingerprint density at radius 2 is 1.63 bits per heavy atom. The van der Waals surface area contributed by atoms with Crippen LogP contribution in [0.3, 0.4) is 0 Å². The van der Waals surface area contributed by atoms with Gasteiger partial charge in [0.2, 0.25) is 0 Å². The molecule has 0 unspecified atom stereocenters. The van der Waals surface area contributed by atoms with Crippen molar-refractivity contribution in [3.8, 4) is 11.5 Å². The predicted molar refractivity (Wildman–Crippen MR) is 73.3 cm³/mol. The first-order valence-corrected chi connectivity index (χ1v) is 5.94. The third kappa shape index (κ3) is 2.96. The maximum absolute atomic E-state index is 14.0. The van der Waals surface area contributed by atoms with E-state index in [-0.39, 0.29) is 11.6 Å². The minimum absolute atomic E-state index is 0.249. The number of ether oxygens (including phenoxy) is 2. The van der Waals surface area contributed by atoms with Crippen LogP contribution in [0.25, 0.3) is 0 Å². The molecule has 0 fully saturated rings. The van der Waals surface area contributed by atoms with E-state index in [9.17, 15) is 4.39 Å². The summed E-state index contributed by atoms with van der Waals surface area (Å²) in [5.74, 6) is 0.637. The van der Waals surface area contributed by atoms with Crippen LogP contribution < -0.4 is 14.8 Å². The van der Waals surface area contributed by atoms with Crippen molar-refractivity contribution >= 4 is 5.69 Å². The second kappa shape index (κ2) is 6.09. The smallest absolute Gasteiger partial charge is 0.170 e. The normalized spacial score (nSPS) is 10.1. The van der Waals surface area contributed by atoms with Gasteiger partial charge in [0.05, 0.1) is 19.9 Å². The van der Waals surface area contributed by atoms with Crippen molar-refractivity contribution in [2.45, 2.75) is 6.54 Å². The van der Waals surface area contributed by atoms with Crippen molar-refractivity contribution in [1.29, 1.82) is 0 Å². The molecule has 0 saturated heterocycles. The van der Waals surface area contributed by atoms with E-state index in [1.807, 2.05) is 24.3 Å². The maximum atomic E-state index is 14.0. The van der Waals surface area contributed by atoms with Gasteiger partial charge in [-0.05, 0) is 18.2 Å². The molecular formula is C15H16FNO2. The second-order valence-electron chi connectivity index (χ2n) is 3.99. The number of hydrogen-bond donors (Lipinski definition) is 1. The molecule has 0 amide bonds. The summed E-state index contributed by atoms with van der Waals surface area (Å²) in [6, 6.07) is 12.6. The van der Waals surface area contributed by atoms with Crippen molar-refractivity contribution in [2.24, 2.45) is 0 Å². The number of para-hydroxylation sites is 2. The van der Waals surface area contributed by atoms with Gasteiger partial charge < -0.3 is 14.8 Å². The molecule has 2 rings (SSSR count). The minimum Gasteiger partial charge on any atom is -0.495 e. The van der Waals surface area contributed by atoms with Crippen LogP contribution in [-0.4, -0.2) is 14.2 Å². The zero-order valence-electron chi connectivity index (χ0n) is 10.9. The lowest BCUT2D eigenvalue weighted by Gasteiger charge is -2.12. The number of anilines is 1. The Kier molecular flexibility index (Phi) is 4.23. The summed E-state index contributed by atoms with van der Waals surface area (Å²) >= 11 is 0. The fourth-order valence-corrected chi connectivity index (χ4v) is 1.83. The average Bonchev–Trinajstić information content (AvgIpc) is 2.46. The predicted octanol–water partition coefficient (Wildman–Crippen LogP) is 3.46. The first kappa shape index (κ1) is 13.2. The van der Waals surface area contributed by atoms with Crippen LogP contribution in [0.4, 0.5) is 10.1 Å². The number of benzene rings is 2. The van der Waals surface area contributed by atoms with Gasteiger partial charge in [0.1, 0.15) is 5.75 Å². The van der Waals surface area contributed by atoms with Crippen LogP contribution in [0.1, 0.15) is 5.56 Å². The molecule has 3 nitrogen and oxygen atoms in total. The molecule has 0 aliphatic heterocycles. The van der Waals surface area contributed by atoms with Crippen LogP contribution in [0, 0.1) is 5.82 Å². The summed E-state index contributed by atoms with van der Waals surface area (Å²) in [7, 11) is 3.06. The molecule has 19 heavy (non-hydrogen) atoms. The molecule has 0 aromatic heterocycles. The Morgan fingerprint density at radius 1 is 0.947 bits per heavy atom. The van der Waals surface area contributed by atoms with Gasteiger partial charge in [0.25, 0.3) is 0 Å². The summed E-state index contributed by atoms with van der Waals surface area (Å²) in [5.41, 5.74) is 1.37. The number of methoxy groups -OCH3 is 2. The number of nitrogens with one attached hydrogen (secondary N) is 1. The first-order valence-electron chi connectivity index (χ1n) is 5.94. The second-order valence-corrected chi connectivity index (χ2v) is 3.99. The SMILES string of the molecule is COc1ccccc1NCc1cccc(OC)c1F. The lowest BCUT2D eigenvalue weighted by atomic mass is 10.2. The average molecular weight is 261 g/mol. The fourth-order valence-electron chi connectivity index (χ4n) is 1.83. The molecule has 0 saturated carbocycles. The lowest BCUT2D eigenvalue weighted by molar-refractivity contribution is 0.384. The molecule has 0 bridgehead atoms. The lowest BCUT2D eigenvalue weighted by Crippen LogP contribution is -2.04. The summed E-state index contributed by atoms with van der Waals surface area (Å²) in [6.07, 6.45) is 0. The largest absolute Gasteiger partial charge is 0.495 e. The zero-order valence-corrected chi connectivity index (χ0v) is 10.9. The number of hydrogen-bond acceptors (Lipinski definition) is 3. The highest BCUT2D eigenvalue weighted by Gasteiger charge is 2.08. The van der Waals surface area contributed by atoms with Gasteiger partial charge in [-0.3, -0.25) is 0 Å². The van der Waals surface area contributed by atoms with Gasteiger partial charge in [-0.2, -0.15) is 0 Å². The van der Waals surface area contributed by atoms with Crippen LogP contribution in [0.15, 0.2) is 42.5 Å². The third-order valence-corrected chi connectivity index (χ3v) is 2.84. The van der Waals surface area contributed by atoms with Gasteiger partial charge >= 0.3 is 0 Å². The van der Waals surface area contributed by atoms with Crippen molar-refractivity contribution in [2.75, 3.05) is 19.5 Å². The van der Waals surface area contributed by atoms with Gasteiger partial charge in [0, 0.05) is 12.1 Å². The van der Waals surface area contributed by atoms with E-state index in [1.165, 1.54) is 7.11 Å². The highest BCUT2D eigenvalue weighted by Crippen LogP contribution is 2.25. The standard InChI is InChI=1S/C15H16FNO2/c1-18-13-8-4-3-7-12(13)17-10-11-6-5-9-14(19-2)15(11)16/h3-9,17H,10H2,1-2H3. The molecule has 100 valence electrons. The van der Waals surface area contributed by atoms with E-state index in [4.69, 9.17) is 9.47 Å². The Bertz CT molecular complexity index is 558. The van der Waals surface area contributed by atoms with Crippen molar-refractivity contribution in [3.63, 3.8) is 0 Å². The molecular weight excluding hydrogens is 245 g/mol. The Hall–Kier alpha value is -2.23. The first-order chi connectivity index (χ1) is 9.26. The number of rotatable bonds is 5. The molecule has 0 heterocycles. The molecule has 4 heteroatoms. The minimum atomic E-state index is -0.340. The van der Waals surface area contributed by atoms with Crippen molar-refractivity contribution in [3.05, 3.63) is 53.8 Å². The summed E-state index contributed by atoms with van der Waals surface area (Å²) in [5, 5.41) is 3.15. The van der Waals surface area contributed by atoms with Gasteiger partial charge in [-0.25, -0.2) is 4.39 Å².